The quantitative estimate of drug-likeness (QED) is 0.683. The third-order valence-electron chi connectivity index (χ3n) is 3.06. The maximum absolute atomic E-state index is 8.64. The van der Waals surface area contributed by atoms with Crippen molar-refractivity contribution in [1.82, 2.24) is 0 Å². The third-order valence-corrected chi connectivity index (χ3v) is 3.06. The summed E-state index contributed by atoms with van der Waals surface area (Å²) in [6, 6.07) is 0. The average molecular weight is 186 g/mol. The lowest BCUT2D eigenvalue weighted by molar-refractivity contribution is 0.0202. The van der Waals surface area contributed by atoms with Crippen LogP contribution in [0.3, 0.4) is 0 Å². The standard InChI is InChI=1S/C11H22O2/c1-2-10-4-3-5-11(7-6-10)13-9-8-12/h10-12H,2-9H2,1H3. The predicted molar refractivity (Wildman–Crippen MR) is 53.7 cm³/mol. The van der Waals surface area contributed by atoms with E-state index in [1.54, 1.807) is 0 Å². The van der Waals surface area contributed by atoms with Gasteiger partial charge in [0.2, 0.25) is 0 Å². The zero-order valence-electron chi connectivity index (χ0n) is 8.67. The van der Waals surface area contributed by atoms with Crippen LogP contribution in [0.4, 0.5) is 0 Å². The van der Waals surface area contributed by atoms with Gasteiger partial charge in [-0.15, -0.1) is 0 Å². The molecule has 0 heterocycles. The molecular formula is C11H22O2. The Balaban J connectivity index is 2.19. The first kappa shape index (κ1) is 11.0. The van der Waals surface area contributed by atoms with E-state index in [1.807, 2.05) is 0 Å². The lowest BCUT2D eigenvalue weighted by atomic mass is 9.98. The van der Waals surface area contributed by atoms with Crippen LogP contribution in [0.15, 0.2) is 0 Å². The average Bonchev–Trinajstić information content (AvgIpc) is 2.39. The molecule has 1 aliphatic carbocycles. The van der Waals surface area contributed by atoms with E-state index in [0.29, 0.717) is 12.7 Å². The van der Waals surface area contributed by atoms with Crippen LogP contribution in [0, 0.1) is 5.92 Å². The van der Waals surface area contributed by atoms with Crippen molar-refractivity contribution >= 4 is 0 Å². The van der Waals surface area contributed by atoms with E-state index in [4.69, 9.17) is 9.84 Å². The second kappa shape index (κ2) is 6.39. The normalized spacial score (nSPS) is 30.0. The second-order valence-electron chi connectivity index (χ2n) is 4.00. The van der Waals surface area contributed by atoms with Gasteiger partial charge in [-0.2, -0.15) is 0 Å². The maximum Gasteiger partial charge on any atom is 0.0701 e. The lowest BCUT2D eigenvalue weighted by Crippen LogP contribution is -2.14. The Bertz CT molecular complexity index is 125. The van der Waals surface area contributed by atoms with E-state index >= 15 is 0 Å². The van der Waals surface area contributed by atoms with Crippen molar-refractivity contribution in [3.05, 3.63) is 0 Å². The first-order valence-corrected chi connectivity index (χ1v) is 5.59. The van der Waals surface area contributed by atoms with Crippen molar-refractivity contribution in [2.45, 2.75) is 51.6 Å². The molecule has 0 saturated heterocycles. The predicted octanol–water partition coefficient (Wildman–Crippen LogP) is 2.35. The monoisotopic (exact) mass is 186 g/mol. The van der Waals surface area contributed by atoms with Gasteiger partial charge < -0.3 is 9.84 Å². The smallest absolute Gasteiger partial charge is 0.0701 e. The molecule has 0 aromatic heterocycles. The molecule has 0 radical (unpaired) electrons. The van der Waals surface area contributed by atoms with E-state index in [0.717, 1.165) is 5.92 Å². The van der Waals surface area contributed by atoms with E-state index in [9.17, 15) is 0 Å². The summed E-state index contributed by atoms with van der Waals surface area (Å²) in [6.45, 7) is 2.95. The van der Waals surface area contributed by atoms with Crippen molar-refractivity contribution in [1.29, 1.82) is 0 Å². The van der Waals surface area contributed by atoms with E-state index in [1.165, 1.54) is 38.5 Å². The molecule has 2 unspecified atom stereocenters. The number of hydrogen-bond donors (Lipinski definition) is 1. The van der Waals surface area contributed by atoms with E-state index in [2.05, 4.69) is 6.92 Å². The third kappa shape index (κ3) is 4.10. The van der Waals surface area contributed by atoms with Gasteiger partial charge in [-0.05, 0) is 25.2 Å². The molecule has 0 aromatic rings. The van der Waals surface area contributed by atoms with Crippen LogP contribution in [0.2, 0.25) is 0 Å². The molecule has 13 heavy (non-hydrogen) atoms. The summed E-state index contributed by atoms with van der Waals surface area (Å²) in [4.78, 5) is 0. The van der Waals surface area contributed by atoms with Gasteiger partial charge in [-0.25, -0.2) is 0 Å². The zero-order chi connectivity index (χ0) is 9.52. The van der Waals surface area contributed by atoms with Crippen LogP contribution in [-0.4, -0.2) is 24.4 Å². The molecule has 1 N–H and O–H groups in total. The van der Waals surface area contributed by atoms with Gasteiger partial charge in [0.15, 0.2) is 0 Å². The number of ether oxygens (including phenoxy) is 1. The highest BCUT2D eigenvalue weighted by Crippen LogP contribution is 2.26. The minimum absolute atomic E-state index is 0.160. The van der Waals surface area contributed by atoms with Crippen molar-refractivity contribution in [3.8, 4) is 0 Å². The highest BCUT2D eigenvalue weighted by Gasteiger charge is 2.17. The summed E-state index contributed by atoms with van der Waals surface area (Å²) in [6.07, 6.45) is 8.10. The zero-order valence-corrected chi connectivity index (χ0v) is 8.67. The molecule has 1 saturated carbocycles. The Morgan fingerprint density at radius 3 is 2.77 bits per heavy atom. The highest BCUT2D eigenvalue weighted by atomic mass is 16.5. The molecule has 1 fully saturated rings. The lowest BCUT2D eigenvalue weighted by Gasteiger charge is -2.14. The molecule has 0 aliphatic heterocycles. The summed E-state index contributed by atoms with van der Waals surface area (Å²) >= 11 is 0. The number of aliphatic hydroxyl groups is 1. The van der Waals surface area contributed by atoms with E-state index in [-0.39, 0.29) is 6.61 Å². The Hall–Kier alpha value is -0.0800. The van der Waals surface area contributed by atoms with Crippen molar-refractivity contribution in [3.63, 3.8) is 0 Å². The van der Waals surface area contributed by atoms with Crippen LogP contribution in [0.25, 0.3) is 0 Å². The minimum atomic E-state index is 0.160. The molecule has 2 heteroatoms. The summed E-state index contributed by atoms with van der Waals surface area (Å²) < 4.78 is 5.55. The minimum Gasteiger partial charge on any atom is -0.394 e. The maximum atomic E-state index is 8.64. The fourth-order valence-corrected chi connectivity index (χ4v) is 2.14. The number of hydrogen-bond acceptors (Lipinski definition) is 2. The summed E-state index contributed by atoms with van der Waals surface area (Å²) in [5.74, 6) is 0.919. The van der Waals surface area contributed by atoms with Gasteiger partial charge in [-0.3, -0.25) is 0 Å². The fourth-order valence-electron chi connectivity index (χ4n) is 2.14. The molecule has 0 bridgehead atoms. The Morgan fingerprint density at radius 2 is 2.08 bits per heavy atom. The van der Waals surface area contributed by atoms with Gasteiger partial charge in [0.25, 0.3) is 0 Å². The molecule has 78 valence electrons. The molecular weight excluding hydrogens is 164 g/mol. The number of rotatable bonds is 4. The first-order valence-electron chi connectivity index (χ1n) is 5.59. The van der Waals surface area contributed by atoms with Crippen LogP contribution in [-0.2, 0) is 4.74 Å². The molecule has 0 amide bonds. The van der Waals surface area contributed by atoms with Crippen LogP contribution in [0.5, 0.6) is 0 Å². The fraction of sp³-hybridized carbons (Fsp3) is 1.00. The summed E-state index contributed by atoms with van der Waals surface area (Å²) in [5.41, 5.74) is 0. The topological polar surface area (TPSA) is 29.5 Å². The van der Waals surface area contributed by atoms with Crippen molar-refractivity contribution < 1.29 is 9.84 Å². The van der Waals surface area contributed by atoms with Crippen LogP contribution < -0.4 is 0 Å². The van der Waals surface area contributed by atoms with Gasteiger partial charge in [0.1, 0.15) is 0 Å². The summed E-state index contributed by atoms with van der Waals surface area (Å²) in [7, 11) is 0. The second-order valence-corrected chi connectivity index (χ2v) is 4.00. The van der Waals surface area contributed by atoms with Crippen LogP contribution >= 0.6 is 0 Å². The Kier molecular flexibility index (Phi) is 5.40. The Labute approximate surface area is 81.3 Å². The molecule has 1 aliphatic rings. The van der Waals surface area contributed by atoms with Crippen molar-refractivity contribution in [2.24, 2.45) is 5.92 Å². The van der Waals surface area contributed by atoms with Gasteiger partial charge in [-0.1, -0.05) is 26.2 Å². The summed E-state index contributed by atoms with van der Waals surface area (Å²) in [5, 5.41) is 8.64. The molecule has 2 atom stereocenters. The highest BCUT2D eigenvalue weighted by molar-refractivity contribution is 4.69. The SMILES string of the molecule is CCC1CCCC(OCCO)CC1. The molecule has 2 nitrogen and oxygen atoms in total. The van der Waals surface area contributed by atoms with Crippen LogP contribution in [0.1, 0.15) is 45.4 Å². The van der Waals surface area contributed by atoms with Gasteiger partial charge in [0.05, 0.1) is 19.3 Å². The first-order chi connectivity index (χ1) is 6.36. The largest absolute Gasteiger partial charge is 0.394 e. The number of aliphatic hydroxyl groups excluding tert-OH is 1. The molecule has 0 aromatic carbocycles. The van der Waals surface area contributed by atoms with Gasteiger partial charge in [0, 0.05) is 0 Å². The van der Waals surface area contributed by atoms with Crippen molar-refractivity contribution in [2.75, 3.05) is 13.2 Å². The molecule has 0 spiro atoms. The van der Waals surface area contributed by atoms with E-state index < -0.39 is 0 Å². The molecule has 1 rings (SSSR count). The Morgan fingerprint density at radius 1 is 1.23 bits per heavy atom. The van der Waals surface area contributed by atoms with Gasteiger partial charge >= 0.3 is 0 Å².